The number of thiophene rings is 1. The molecule has 2 rings (SSSR count). The molecule has 0 aliphatic carbocycles. The van der Waals surface area contributed by atoms with Gasteiger partial charge in [-0.05, 0) is 36.8 Å². The van der Waals surface area contributed by atoms with Crippen molar-refractivity contribution in [3.05, 3.63) is 45.7 Å². The molecule has 2 heterocycles. The second kappa shape index (κ2) is 6.95. The fraction of sp³-hybridized carbons (Fsp3) is 0.500. The van der Waals surface area contributed by atoms with Gasteiger partial charge in [0.05, 0.1) is 11.4 Å². The first-order valence-corrected chi connectivity index (χ1v) is 7.95. The number of hydrogen-bond acceptors (Lipinski definition) is 4. The van der Waals surface area contributed by atoms with Crippen molar-refractivity contribution in [3.8, 4) is 0 Å². The Labute approximate surface area is 125 Å². The monoisotopic (exact) mass is 289 g/mol. The van der Waals surface area contributed by atoms with E-state index in [-0.39, 0.29) is 0 Å². The van der Waals surface area contributed by atoms with Gasteiger partial charge >= 0.3 is 0 Å². The highest BCUT2D eigenvalue weighted by molar-refractivity contribution is 7.10. The Morgan fingerprint density at radius 2 is 1.95 bits per heavy atom. The van der Waals surface area contributed by atoms with E-state index in [0.29, 0.717) is 5.92 Å². The van der Waals surface area contributed by atoms with Gasteiger partial charge in [-0.3, -0.25) is 14.9 Å². The van der Waals surface area contributed by atoms with Gasteiger partial charge < -0.3 is 0 Å². The largest absolute Gasteiger partial charge is 0.292 e. The average Bonchev–Trinajstić information content (AvgIpc) is 2.77. The van der Waals surface area contributed by atoms with Crippen LogP contribution in [0.15, 0.2) is 23.8 Å². The van der Waals surface area contributed by atoms with E-state index >= 15 is 0 Å². The van der Waals surface area contributed by atoms with Crippen molar-refractivity contribution >= 4 is 11.3 Å². The minimum absolute atomic E-state index is 0.647. The van der Waals surface area contributed by atoms with E-state index in [2.05, 4.69) is 47.1 Å². The fourth-order valence-electron chi connectivity index (χ4n) is 2.20. The van der Waals surface area contributed by atoms with Gasteiger partial charge in [-0.1, -0.05) is 13.8 Å². The van der Waals surface area contributed by atoms with Crippen LogP contribution in [0.5, 0.6) is 0 Å². The van der Waals surface area contributed by atoms with E-state index < -0.39 is 0 Å². The van der Waals surface area contributed by atoms with E-state index in [1.807, 2.05) is 30.7 Å². The summed E-state index contributed by atoms with van der Waals surface area (Å²) in [7, 11) is 0. The fourth-order valence-corrected chi connectivity index (χ4v) is 3.15. The van der Waals surface area contributed by atoms with Crippen molar-refractivity contribution in [2.45, 2.75) is 40.8 Å². The summed E-state index contributed by atoms with van der Waals surface area (Å²) in [4.78, 5) is 12.7. The molecule has 2 aromatic rings. The number of rotatable bonds is 6. The van der Waals surface area contributed by atoms with Gasteiger partial charge in [0.2, 0.25) is 0 Å². The Morgan fingerprint density at radius 1 is 1.15 bits per heavy atom. The first-order valence-electron chi connectivity index (χ1n) is 7.07. The van der Waals surface area contributed by atoms with Crippen molar-refractivity contribution in [1.82, 2.24) is 14.9 Å². The van der Waals surface area contributed by atoms with Gasteiger partial charge in [0.25, 0.3) is 0 Å². The number of nitrogens with zero attached hydrogens (tertiary/aromatic N) is 3. The van der Waals surface area contributed by atoms with Crippen LogP contribution in [0.1, 0.15) is 35.7 Å². The van der Waals surface area contributed by atoms with Gasteiger partial charge in [-0.25, -0.2) is 0 Å². The predicted octanol–water partition coefficient (Wildman–Crippen LogP) is 3.81. The molecule has 0 spiro atoms. The topological polar surface area (TPSA) is 29.0 Å². The summed E-state index contributed by atoms with van der Waals surface area (Å²) in [5.41, 5.74) is 3.41. The summed E-state index contributed by atoms with van der Waals surface area (Å²) in [5.74, 6) is 0.647. The molecule has 20 heavy (non-hydrogen) atoms. The molecular formula is C16H23N3S. The summed E-state index contributed by atoms with van der Waals surface area (Å²) in [5, 5.41) is 2.17. The van der Waals surface area contributed by atoms with Gasteiger partial charge in [0.15, 0.2) is 0 Å². The zero-order chi connectivity index (χ0) is 14.5. The highest BCUT2D eigenvalue weighted by Crippen LogP contribution is 2.19. The smallest absolute Gasteiger partial charge is 0.0727 e. The normalized spacial score (nSPS) is 11.5. The SMILES string of the molecule is Cc1cnc(CN(Cc2sccc2C)CC(C)C)cn1. The van der Waals surface area contributed by atoms with E-state index in [9.17, 15) is 0 Å². The molecule has 0 aliphatic rings. The summed E-state index contributed by atoms with van der Waals surface area (Å²) in [6, 6.07) is 2.19. The lowest BCUT2D eigenvalue weighted by Crippen LogP contribution is -2.27. The van der Waals surface area contributed by atoms with Crippen LogP contribution in [-0.4, -0.2) is 21.4 Å². The predicted molar refractivity (Wildman–Crippen MR) is 84.8 cm³/mol. The Morgan fingerprint density at radius 3 is 2.50 bits per heavy atom. The highest BCUT2D eigenvalue weighted by Gasteiger charge is 2.12. The lowest BCUT2D eigenvalue weighted by atomic mass is 10.2. The molecule has 0 radical (unpaired) electrons. The number of aryl methyl sites for hydroxylation is 2. The quantitative estimate of drug-likeness (QED) is 0.809. The third kappa shape index (κ3) is 4.39. The van der Waals surface area contributed by atoms with Gasteiger partial charge in [-0.15, -0.1) is 11.3 Å². The van der Waals surface area contributed by atoms with Crippen LogP contribution < -0.4 is 0 Å². The average molecular weight is 289 g/mol. The van der Waals surface area contributed by atoms with Gasteiger partial charge in [0.1, 0.15) is 0 Å². The standard InChI is InChI=1S/C16H23N3S/c1-12(2)9-19(11-16-13(3)5-6-20-16)10-15-8-17-14(4)7-18-15/h5-8,12H,9-11H2,1-4H3. The molecular weight excluding hydrogens is 266 g/mol. The molecule has 2 aromatic heterocycles. The molecule has 0 saturated carbocycles. The maximum absolute atomic E-state index is 4.48. The molecule has 4 heteroatoms. The minimum atomic E-state index is 0.647. The van der Waals surface area contributed by atoms with E-state index in [1.54, 1.807) is 0 Å². The first kappa shape index (κ1) is 15.1. The molecule has 108 valence electrons. The molecule has 0 aliphatic heterocycles. The first-order chi connectivity index (χ1) is 9.54. The Bertz CT molecular complexity index is 531. The van der Waals surface area contributed by atoms with Crippen LogP contribution in [0.2, 0.25) is 0 Å². The molecule has 0 atom stereocenters. The van der Waals surface area contributed by atoms with Crippen LogP contribution in [-0.2, 0) is 13.1 Å². The van der Waals surface area contributed by atoms with E-state index in [4.69, 9.17) is 0 Å². The molecule has 0 unspecified atom stereocenters. The number of hydrogen-bond donors (Lipinski definition) is 0. The zero-order valence-corrected chi connectivity index (χ0v) is 13.6. The molecule has 0 bridgehead atoms. The molecule has 0 aromatic carbocycles. The van der Waals surface area contributed by atoms with Gasteiger partial charge in [-0.2, -0.15) is 0 Å². The van der Waals surface area contributed by atoms with Crippen molar-refractivity contribution in [2.24, 2.45) is 5.92 Å². The molecule has 0 saturated heterocycles. The van der Waals surface area contributed by atoms with Crippen molar-refractivity contribution in [2.75, 3.05) is 6.54 Å². The minimum Gasteiger partial charge on any atom is -0.292 e. The second-order valence-corrected chi connectivity index (χ2v) is 6.74. The molecule has 3 nitrogen and oxygen atoms in total. The van der Waals surface area contributed by atoms with E-state index in [0.717, 1.165) is 31.0 Å². The second-order valence-electron chi connectivity index (χ2n) is 5.74. The van der Waals surface area contributed by atoms with Crippen LogP contribution >= 0.6 is 11.3 Å². The van der Waals surface area contributed by atoms with Gasteiger partial charge in [0, 0.05) is 36.9 Å². The lowest BCUT2D eigenvalue weighted by Gasteiger charge is -2.23. The van der Waals surface area contributed by atoms with Crippen molar-refractivity contribution in [1.29, 1.82) is 0 Å². The third-order valence-electron chi connectivity index (χ3n) is 3.18. The number of aromatic nitrogens is 2. The maximum Gasteiger partial charge on any atom is 0.0727 e. The zero-order valence-electron chi connectivity index (χ0n) is 12.8. The Hall–Kier alpha value is -1.26. The molecule has 0 amide bonds. The van der Waals surface area contributed by atoms with Crippen LogP contribution in [0.25, 0.3) is 0 Å². The summed E-state index contributed by atoms with van der Waals surface area (Å²) in [6.07, 6.45) is 3.74. The van der Waals surface area contributed by atoms with Crippen LogP contribution in [0, 0.1) is 19.8 Å². The summed E-state index contributed by atoms with van der Waals surface area (Å²) >= 11 is 1.84. The van der Waals surface area contributed by atoms with E-state index in [1.165, 1.54) is 10.4 Å². The molecule has 0 N–H and O–H groups in total. The van der Waals surface area contributed by atoms with Crippen LogP contribution in [0.4, 0.5) is 0 Å². The summed E-state index contributed by atoms with van der Waals surface area (Å²) < 4.78 is 0. The third-order valence-corrected chi connectivity index (χ3v) is 4.19. The highest BCUT2D eigenvalue weighted by atomic mass is 32.1. The van der Waals surface area contributed by atoms with Crippen molar-refractivity contribution < 1.29 is 0 Å². The molecule has 0 fully saturated rings. The van der Waals surface area contributed by atoms with Crippen molar-refractivity contribution in [3.63, 3.8) is 0 Å². The maximum atomic E-state index is 4.48. The van der Waals surface area contributed by atoms with Crippen LogP contribution in [0.3, 0.4) is 0 Å². The summed E-state index contributed by atoms with van der Waals surface area (Å²) in [6.45, 7) is 11.6. The Kier molecular flexibility index (Phi) is 5.26. The Balaban J connectivity index is 2.07. The lowest BCUT2D eigenvalue weighted by molar-refractivity contribution is 0.226.